The van der Waals surface area contributed by atoms with Crippen molar-refractivity contribution in [2.75, 3.05) is 7.05 Å². The molecule has 0 unspecified atom stereocenters. The quantitative estimate of drug-likeness (QED) is 0.872. The first-order valence-electron chi connectivity index (χ1n) is 6.08. The van der Waals surface area contributed by atoms with E-state index >= 15 is 0 Å². The van der Waals surface area contributed by atoms with Crippen molar-refractivity contribution in [1.29, 1.82) is 0 Å². The van der Waals surface area contributed by atoms with Gasteiger partial charge < -0.3 is 0 Å². The molecule has 104 valence electrons. The average molecular weight is 289 g/mol. The standard InChI is InChI=1S/C15H15NO3S/c1-12-8-6-7-11-14(12)20(18,19)16(2)15(17)13-9-4-3-5-10-13/h3-11H,1-2H3. The number of carbonyl (C=O) groups is 1. The van der Waals surface area contributed by atoms with Gasteiger partial charge in [0.05, 0.1) is 4.90 Å². The number of carbonyl (C=O) groups excluding carboxylic acids is 1. The minimum absolute atomic E-state index is 0.145. The Morgan fingerprint density at radius 1 is 0.950 bits per heavy atom. The molecule has 0 radical (unpaired) electrons. The zero-order valence-electron chi connectivity index (χ0n) is 11.3. The molecule has 0 saturated carbocycles. The van der Waals surface area contributed by atoms with Gasteiger partial charge in [-0.3, -0.25) is 4.79 Å². The second-order valence-electron chi connectivity index (χ2n) is 4.41. The molecule has 0 saturated heterocycles. The zero-order chi connectivity index (χ0) is 14.8. The summed E-state index contributed by atoms with van der Waals surface area (Å²) in [7, 11) is -2.56. The van der Waals surface area contributed by atoms with Crippen molar-refractivity contribution in [3.05, 3.63) is 65.7 Å². The largest absolute Gasteiger partial charge is 0.268 e. The van der Waals surface area contributed by atoms with Gasteiger partial charge in [-0.05, 0) is 30.7 Å². The van der Waals surface area contributed by atoms with E-state index < -0.39 is 15.9 Å². The van der Waals surface area contributed by atoms with Gasteiger partial charge in [0.25, 0.3) is 15.9 Å². The Hall–Kier alpha value is -2.14. The van der Waals surface area contributed by atoms with Crippen LogP contribution in [0.5, 0.6) is 0 Å². The Bertz CT molecular complexity index is 724. The van der Waals surface area contributed by atoms with Gasteiger partial charge in [0.1, 0.15) is 0 Å². The Morgan fingerprint density at radius 2 is 1.50 bits per heavy atom. The van der Waals surface area contributed by atoms with Crippen LogP contribution in [0, 0.1) is 6.92 Å². The summed E-state index contributed by atoms with van der Waals surface area (Å²) in [6.07, 6.45) is 0. The summed E-state index contributed by atoms with van der Waals surface area (Å²) in [4.78, 5) is 12.4. The van der Waals surface area contributed by atoms with Crippen molar-refractivity contribution >= 4 is 15.9 Å². The van der Waals surface area contributed by atoms with E-state index in [4.69, 9.17) is 0 Å². The lowest BCUT2D eigenvalue weighted by Gasteiger charge is -2.18. The van der Waals surface area contributed by atoms with Gasteiger partial charge in [-0.25, -0.2) is 12.7 Å². The van der Waals surface area contributed by atoms with Crippen molar-refractivity contribution in [2.24, 2.45) is 0 Å². The number of hydrogen-bond acceptors (Lipinski definition) is 3. The Kier molecular flexibility index (Phi) is 3.90. The molecule has 2 aromatic rings. The predicted molar refractivity (Wildman–Crippen MR) is 76.9 cm³/mol. The van der Waals surface area contributed by atoms with Crippen LogP contribution >= 0.6 is 0 Å². The highest BCUT2D eigenvalue weighted by atomic mass is 32.2. The number of benzene rings is 2. The zero-order valence-corrected chi connectivity index (χ0v) is 12.1. The monoisotopic (exact) mass is 289 g/mol. The minimum atomic E-state index is -3.83. The van der Waals surface area contributed by atoms with E-state index in [1.165, 1.54) is 13.1 Å². The summed E-state index contributed by atoms with van der Waals surface area (Å²) in [5.41, 5.74) is 0.951. The highest BCUT2D eigenvalue weighted by molar-refractivity contribution is 7.89. The summed E-state index contributed by atoms with van der Waals surface area (Å²) in [6.45, 7) is 1.70. The molecule has 0 atom stereocenters. The topological polar surface area (TPSA) is 54.5 Å². The van der Waals surface area contributed by atoms with Crippen molar-refractivity contribution in [1.82, 2.24) is 4.31 Å². The van der Waals surface area contributed by atoms with Gasteiger partial charge in [-0.2, -0.15) is 0 Å². The van der Waals surface area contributed by atoms with Crippen LogP contribution in [0.2, 0.25) is 0 Å². The second kappa shape index (κ2) is 5.46. The molecule has 1 amide bonds. The number of nitrogens with zero attached hydrogens (tertiary/aromatic N) is 1. The van der Waals surface area contributed by atoms with Crippen LogP contribution in [0.4, 0.5) is 0 Å². The first-order chi connectivity index (χ1) is 9.44. The first-order valence-corrected chi connectivity index (χ1v) is 7.52. The Morgan fingerprint density at radius 3 is 2.10 bits per heavy atom. The summed E-state index contributed by atoms with van der Waals surface area (Å²) >= 11 is 0. The number of aryl methyl sites for hydroxylation is 1. The molecule has 0 aliphatic heterocycles. The molecular weight excluding hydrogens is 274 g/mol. The van der Waals surface area contributed by atoms with Crippen LogP contribution in [-0.2, 0) is 10.0 Å². The molecule has 0 spiro atoms. The lowest BCUT2D eigenvalue weighted by molar-refractivity contribution is 0.0883. The fourth-order valence-electron chi connectivity index (χ4n) is 1.87. The van der Waals surface area contributed by atoms with Gasteiger partial charge in [0.2, 0.25) is 0 Å². The maximum absolute atomic E-state index is 12.5. The Labute approximate surface area is 118 Å². The number of amides is 1. The molecule has 20 heavy (non-hydrogen) atoms. The molecule has 0 aliphatic rings. The van der Waals surface area contributed by atoms with Gasteiger partial charge in [-0.15, -0.1) is 0 Å². The van der Waals surface area contributed by atoms with Crippen molar-refractivity contribution in [3.63, 3.8) is 0 Å². The molecule has 2 rings (SSSR count). The average Bonchev–Trinajstić information content (AvgIpc) is 2.47. The van der Waals surface area contributed by atoms with E-state index in [1.54, 1.807) is 55.5 Å². The maximum Gasteiger partial charge on any atom is 0.267 e. The maximum atomic E-state index is 12.5. The highest BCUT2D eigenvalue weighted by Crippen LogP contribution is 2.20. The first kappa shape index (κ1) is 14.3. The predicted octanol–water partition coefficient (Wildman–Crippen LogP) is 2.46. The molecule has 2 aromatic carbocycles. The van der Waals surface area contributed by atoms with Crippen LogP contribution in [0.1, 0.15) is 15.9 Å². The lowest BCUT2D eigenvalue weighted by atomic mass is 10.2. The van der Waals surface area contributed by atoms with Crippen molar-refractivity contribution in [2.45, 2.75) is 11.8 Å². The van der Waals surface area contributed by atoms with Crippen molar-refractivity contribution in [3.8, 4) is 0 Å². The van der Waals surface area contributed by atoms with E-state index in [1.807, 2.05) is 0 Å². The highest BCUT2D eigenvalue weighted by Gasteiger charge is 2.27. The summed E-state index contributed by atoms with van der Waals surface area (Å²) in [5, 5.41) is 0. The third-order valence-corrected chi connectivity index (χ3v) is 4.94. The summed E-state index contributed by atoms with van der Waals surface area (Å²) in [6, 6.07) is 14.9. The van der Waals surface area contributed by atoms with Gasteiger partial charge >= 0.3 is 0 Å². The molecule has 4 nitrogen and oxygen atoms in total. The van der Waals surface area contributed by atoms with Crippen LogP contribution in [0.15, 0.2) is 59.5 Å². The van der Waals surface area contributed by atoms with E-state index in [2.05, 4.69) is 0 Å². The molecule has 0 aliphatic carbocycles. The number of rotatable bonds is 3. The van der Waals surface area contributed by atoms with E-state index in [0.29, 0.717) is 11.1 Å². The fourth-order valence-corrected chi connectivity index (χ4v) is 3.21. The summed E-state index contributed by atoms with van der Waals surface area (Å²) < 4.78 is 25.7. The SMILES string of the molecule is Cc1ccccc1S(=O)(=O)N(C)C(=O)c1ccccc1. The molecule has 0 bridgehead atoms. The van der Waals surface area contributed by atoms with Crippen molar-refractivity contribution < 1.29 is 13.2 Å². The fraction of sp³-hybridized carbons (Fsp3) is 0.133. The number of hydrogen-bond donors (Lipinski definition) is 0. The Balaban J connectivity index is 2.41. The van der Waals surface area contributed by atoms with E-state index in [9.17, 15) is 13.2 Å². The summed E-state index contributed by atoms with van der Waals surface area (Å²) in [5.74, 6) is -0.547. The van der Waals surface area contributed by atoms with E-state index in [-0.39, 0.29) is 4.90 Å². The van der Waals surface area contributed by atoms with Gasteiger partial charge in [-0.1, -0.05) is 36.4 Å². The third kappa shape index (κ3) is 2.58. The van der Waals surface area contributed by atoms with Gasteiger partial charge in [0, 0.05) is 12.6 Å². The third-order valence-electron chi connectivity index (χ3n) is 3.04. The molecule has 0 N–H and O–H groups in total. The molecule has 0 aromatic heterocycles. The normalized spacial score (nSPS) is 11.1. The number of sulfonamides is 1. The molecule has 0 heterocycles. The van der Waals surface area contributed by atoms with Gasteiger partial charge in [0.15, 0.2) is 0 Å². The smallest absolute Gasteiger partial charge is 0.267 e. The van der Waals surface area contributed by atoms with Crippen LogP contribution < -0.4 is 0 Å². The minimum Gasteiger partial charge on any atom is -0.268 e. The van der Waals surface area contributed by atoms with Crippen LogP contribution in [-0.4, -0.2) is 25.7 Å². The molecular formula is C15H15NO3S. The lowest BCUT2D eigenvalue weighted by Crippen LogP contribution is -2.33. The van der Waals surface area contributed by atoms with Crippen LogP contribution in [0.25, 0.3) is 0 Å². The second-order valence-corrected chi connectivity index (χ2v) is 6.35. The van der Waals surface area contributed by atoms with E-state index in [0.717, 1.165) is 4.31 Å². The molecule has 5 heteroatoms. The van der Waals surface area contributed by atoms with Crippen LogP contribution in [0.3, 0.4) is 0 Å². The molecule has 0 fully saturated rings.